The van der Waals surface area contributed by atoms with Crippen molar-refractivity contribution in [1.82, 2.24) is 4.72 Å². The zero-order chi connectivity index (χ0) is 20.2. The van der Waals surface area contributed by atoms with Crippen LogP contribution in [0.2, 0.25) is 0 Å². The lowest BCUT2D eigenvalue weighted by Crippen LogP contribution is -2.30. The van der Waals surface area contributed by atoms with Gasteiger partial charge in [0.15, 0.2) is 0 Å². The fourth-order valence-electron chi connectivity index (χ4n) is 2.83. The second-order valence-electron chi connectivity index (χ2n) is 6.69. The molecule has 0 saturated heterocycles. The molecule has 9 heteroatoms. The summed E-state index contributed by atoms with van der Waals surface area (Å²) < 4.78 is 55.4. The lowest BCUT2D eigenvalue weighted by atomic mass is 10.2. The molecule has 7 nitrogen and oxygen atoms in total. The van der Waals surface area contributed by atoms with Gasteiger partial charge in [-0.25, -0.2) is 16.8 Å². The van der Waals surface area contributed by atoms with Crippen molar-refractivity contribution >= 4 is 31.6 Å². The van der Waals surface area contributed by atoms with Gasteiger partial charge in [0.25, 0.3) is 20.0 Å². The molecule has 1 aliphatic rings. The van der Waals surface area contributed by atoms with Crippen LogP contribution in [0.15, 0.2) is 63.3 Å². The van der Waals surface area contributed by atoms with Crippen LogP contribution in [0.1, 0.15) is 31.2 Å². The number of nitrogens with one attached hydrogen (secondary N) is 2. The van der Waals surface area contributed by atoms with E-state index in [2.05, 4.69) is 14.4 Å². The summed E-state index contributed by atoms with van der Waals surface area (Å²) in [7, 11) is -7.65. The molecule has 28 heavy (non-hydrogen) atoms. The molecule has 2 N–H and O–H groups in total. The van der Waals surface area contributed by atoms with Crippen LogP contribution in [0.3, 0.4) is 0 Å². The number of rotatable bonds is 5. The second kappa shape index (κ2) is 8.32. The zero-order valence-electron chi connectivity index (χ0n) is 15.6. The minimum atomic E-state index is -3.84. The Morgan fingerprint density at radius 2 is 1.54 bits per heavy atom. The summed E-state index contributed by atoms with van der Waals surface area (Å²) in [4.78, 5) is 4.36. The van der Waals surface area contributed by atoms with Gasteiger partial charge in [-0.1, -0.05) is 30.2 Å². The van der Waals surface area contributed by atoms with E-state index in [4.69, 9.17) is 0 Å². The van der Waals surface area contributed by atoms with Crippen LogP contribution >= 0.6 is 0 Å². The molecule has 150 valence electrons. The summed E-state index contributed by atoms with van der Waals surface area (Å²) >= 11 is 0. The maximum absolute atomic E-state index is 12.7. The lowest BCUT2D eigenvalue weighted by Gasteiger charge is -2.12. The topological polar surface area (TPSA) is 105 Å². The number of amidine groups is 1. The maximum atomic E-state index is 12.7. The molecule has 0 saturated carbocycles. The minimum absolute atomic E-state index is 0.0245. The van der Waals surface area contributed by atoms with Gasteiger partial charge in [0.2, 0.25) is 0 Å². The number of hydrogen-bond donors (Lipinski definition) is 2. The van der Waals surface area contributed by atoms with Crippen LogP contribution in [0, 0.1) is 6.92 Å². The maximum Gasteiger partial charge on any atom is 0.262 e. The minimum Gasteiger partial charge on any atom is -0.280 e. The largest absolute Gasteiger partial charge is 0.280 e. The Bertz CT molecular complexity index is 1080. The van der Waals surface area contributed by atoms with Crippen LogP contribution < -0.4 is 9.44 Å². The highest BCUT2D eigenvalue weighted by Gasteiger charge is 2.19. The van der Waals surface area contributed by atoms with E-state index >= 15 is 0 Å². The highest BCUT2D eigenvalue weighted by atomic mass is 32.2. The summed E-state index contributed by atoms with van der Waals surface area (Å²) in [6.07, 6.45) is 3.43. The Morgan fingerprint density at radius 1 is 0.821 bits per heavy atom. The van der Waals surface area contributed by atoms with E-state index in [1.54, 1.807) is 12.1 Å². The number of hydrogen-bond acceptors (Lipinski definition) is 5. The predicted molar refractivity (Wildman–Crippen MR) is 110 cm³/mol. The molecule has 1 aliphatic heterocycles. The van der Waals surface area contributed by atoms with Crippen molar-refractivity contribution in [2.75, 3.05) is 11.3 Å². The summed E-state index contributed by atoms with van der Waals surface area (Å²) in [5.74, 6) is 0.447. The van der Waals surface area contributed by atoms with Crippen molar-refractivity contribution in [3.63, 3.8) is 0 Å². The van der Waals surface area contributed by atoms with Crippen molar-refractivity contribution in [3.05, 3.63) is 54.1 Å². The van der Waals surface area contributed by atoms with Gasteiger partial charge in [0, 0.05) is 13.0 Å². The van der Waals surface area contributed by atoms with Gasteiger partial charge in [-0.2, -0.15) is 0 Å². The van der Waals surface area contributed by atoms with Crippen LogP contribution in [0.5, 0.6) is 0 Å². The highest BCUT2D eigenvalue weighted by molar-refractivity contribution is 7.92. The van der Waals surface area contributed by atoms with Crippen molar-refractivity contribution in [2.45, 2.75) is 42.4 Å². The molecule has 0 aliphatic carbocycles. The molecule has 0 atom stereocenters. The van der Waals surface area contributed by atoms with Crippen LogP contribution in [-0.2, 0) is 20.0 Å². The van der Waals surface area contributed by atoms with E-state index in [1.807, 2.05) is 6.92 Å². The summed E-state index contributed by atoms with van der Waals surface area (Å²) in [5.41, 5.74) is 1.12. The van der Waals surface area contributed by atoms with Gasteiger partial charge in [0.1, 0.15) is 5.84 Å². The molecule has 2 aromatic carbocycles. The zero-order valence-corrected chi connectivity index (χ0v) is 17.2. The molecule has 0 unspecified atom stereocenters. The summed E-state index contributed by atoms with van der Waals surface area (Å²) in [5, 5.41) is 0. The van der Waals surface area contributed by atoms with Gasteiger partial charge in [-0.15, -0.1) is 0 Å². The molecular weight excluding hydrogens is 398 g/mol. The molecule has 1 heterocycles. The third-order valence-electron chi connectivity index (χ3n) is 4.35. The van der Waals surface area contributed by atoms with Crippen LogP contribution in [-0.4, -0.2) is 29.2 Å². The van der Waals surface area contributed by atoms with E-state index < -0.39 is 20.0 Å². The molecule has 0 radical (unpaired) electrons. The van der Waals surface area contributed by atoms with Gasteiger partial charge in [0.05, 0.1) is 15.5 Å². The van der Waals surface area contributed by atoms with Gasteiger partial charge in [-0.05, 0) is 50.1 Å². The highest BCUT2D eigenvalue weighted by Crippen LogP contribution is 2.20. The summed E-state index contributed by atoms with van der Waals surface area (Å²) in [6, 6.07) is 12.1. The van der Waals surface area contributed by atoms with E-state index in [1.165, 1.54) is 36.4 Å². The van der Waals surface area contributed by atoms with Crippen molar-refractivity contribution in [1.29, 1.82) is 0 Å². The standard InChI is InChI=1S/C19H23N3O4S2/c1-15-9-11-17(12-10-15)27(23,24)21-16-6-5-7-18(14-16)28(25,26)22-19-8-3-2-4-13-20-19/h5-7,9-12,14,21H,2-4,8,13H2,1H3,(H,20,22). The van der Waals surface area contributed by atoms with E-state index in [9.17, 15) is 16.8 Å². The molecule has 0 spiro atoms. The number of sulfonamides is 2. The monoisotopic (exact) mass is 421 g/mol. The lowest BCUT2D eigenvalue weighted by molar-refractivity contribution is 0.591. The van der Waals surface area contributed by atoms with Gasteiger partial charge in [-0.3, -0.25) is 14.4 Å². The Hall–Kier alpha value is -2.39. The smallest absolute Gasteiger partial charge is 0.262 e. The first kappa shape index (κ1) is 20.3. The number of benzene rings is 2. The Balaban J connectivity index is 1.81. The van der Waals surface area contributed by atoms with Gasteiger partial charge < -0.3 is 0 Å². The number of aliphatic imine (C=N–C) groups is 1. The quantitative estimate of drug-likeness (QED) is 0.774. The van der Waals surface area contributed by atoms with Crippen molar-refractivity contribution in [3.8, 4) is 0 Å². The average molecular weight is 422 g/mol. The van der Waals surface area contributed by atoms with Crippen LogP contribution in [0.25, 0.3) is 0 Å². The first-order chi connectivity index (χ1) is 13.3. The number of aryl methyl sites for hydroxylation is 1. The van der Waals surface area contributed by atoms with Crippen LogP contribution in [0.4, 0.5) is 5.69 Å². The molecule has 0 bridgehead atoms. The van der Waals surface area contributed by atoms with Crippen molar-refractivity contribution in [2.24, 2.45) is 4.99 Å². The van der Waals surface area contributed by atoms with Crippen molar-refractivity contribution < 1.29 is 16.8 Å². The number of anilines is 1. The Labute approximate surface area is 166 Å². The van der Waals surface area contributed by atoms with E-state index in [0.717, 1.165) is 24.8 Å². The third-order valence-corrected chi connectivity index (χ3v) is 7.13. The Morgan fingerprint density at radius 3 is 2.29 bits per heavy atom. The number of nitrogens with zero attached hydrogens (tertiary/aromatic N) is 1. The van der Waals surface area contributed by atoms with Gasteiger partial charge >= 0.3 is 0 Å². The molecule has 3 rings (SSSR count). The first-order valence-corrected chi connectivity index (χ1v) is 12.0. The van der Waals surface area contributed by atoms with E-state index in [-0.39, 0.29) is 15.5 Å². The first-order valence-electron chi connectivity index (χ1n) is 9.02. The normalized spacial score (nSPS) is 15.4. The fraction of sp³-hybridized carbons (Fsp3) is 0.316. The summed E-state index contributed by atoms with van der Waals surface area (Å²) in [6.45, 7) is 2.47. The molecular formula is C19H23N3O4S2. The molecule has 0 aromatic heterocycles. The predicted octanol–water partition coefficient (Wildman–Crippen LogP) is 3.05. The fourth-order valence-corrected chi connectivity index (χ4v) is 5.01. The molecule has 2 aromatic rings. The van der Waals surface area contributed by atoms with E-state index in [0.29, 0.717) is 18.8 Å². The SMILES string of the molecule is Cc1ccc(S(=O)(=O)Nc2cccc(S(=O)(=O)NC3=NCCCCC3)c2)cc1. The molecule has 0 fully saturated rings. The second-order valence-corrected chi connectivity index (χ2v) is 10.1. The Kier molecular flexibility index (Phi) is 6.04. The third kappa shape index (κ3) is 5.11. The molecule has 0 amide bonds. The average Bonchev–Trinajstić information content (AvgIpc) is 2.90.